The van der Waals surface area contributed by atoms with Crippen LogP contribution in [0, 0.1) is 0 Å². The number of rotatable bonds is 1. The van der Waals surface area contributed by atoms with Crippen LogP contribution in [-0.4, -0.2) is 30.1 Å². The first-order valence-corrected chi connectivity index (χ1v) is 6.78. The highest BCUT2D eigenvalue weighted by Gasteiger charge is 2.53. The van der Waals surface area contributed by atoms with Gasteiger partial charge in [-0.1, -0.05) is 6.08 Å². The van der Waals surface area contributed by atoms with Crippen LogP contribution < -0.4 is 0 Å². The molecule has 0 bridgehead atoms. The molecule has 0 aromatic carbocycles. The predicted octanol–water partition coefficient (Wildman–Crippen LogP) is 2.32. The molecule has 3 rings (SSSR count). The van der Waals surface area contributed by atoms with Gasteiger partial charge < -0.3 is 19.0 Å². The van der Waals surface area contributed by atoms with Gasteiger partial charge in [-0.25, -0.2) is 0 Å². The Hall–Kier alpha value is -0.710. The van der Waals surface area contributed by atoms with E-state index in [9.17, 15) is 4.79 Å². The molecule has 0 N–H and O–H groups in total. The molecule has 3 aliphatic heterocycles. The fraction of sp³-hybridized carbons (Fsp3) is 0.786. The largest absolute Gasteiger partial charge is 0.346 e. The molecule has 0 aliphatic carbocycles. The smallest absolute Gasteiger partial charge is 0.191 e. The van der Waals surface area contributed by atoms with E-state index >= 15 is 0 Å². The molecule has 3 heterocycles. The van der Waals surface area contributed by atoms with E-state index < -0.39 is 17.2 Å². The minimum absolute atomic E-state index is 0.620. The summed E-state index contributed by atoms with van der Waals surface area (Å²) in [5.74, 6) is -1.29. The van der Waals surface area contributed by atoms with Gasteiger partial charge >= 0.3 is 0 Å². The first-order chi connectivity index (χ1) is 8.60. The maximum atomic E-state index is 11.1. The van der Waals surface area contributed by atoms with Crippen molar-refractivity contribution in [3.05, 3.63) is 12.2 Å². The van der Waals surface area contributed by atoms with Gasteiger partial charge in [-0.3, -0.25) is 0 Å². The van der Waals surface area contributed by atoms with Gasteiger partial charge in [0.1, 0.15) is 5.60 Å². The molecule has 3 atom stereocenters. The molecule has 0 aromatic heterocycles. The third-order valence-corrected chi connectivity index (χ3v) is 4.10. The molecule has 3 aliphatic rings. The molecule has 2 spiro atoms. The zero-order valence-electron chi connectivity index (χ0n) is 10.8. The van der Waals surface area contributed by atoms with Gasteiger partial charge in [-0.15, -0.1) is 0 Å². The molecule has 100 valence electrons. The fourth-order valence-electron chi connectivity index (χ4n) is 3.08. The summed E-state index contributed by atoms with van der Waals surface area (Å²) in [7, 11) is 0. The Bertz CT molecular complexity index is 372. The zero-order chi connectivity index (χ0) is 12.7. The Kier molecular flexibility index (Phi) is 2.84. The van der Waals surface area contributed by atoms with Crippen LogP contribution in [-0.2, 0) is 19.0 Å². The summed E-state index contributed by atoms with van der Waals surface area (Å²) in [6.45, 7) is 2.55. The van der Waals surface area contributed by atoms with Crippen LogP contribution in [0.15, 0.2) is 12.2 Å². The van der Waals surface area contributed by atoms with Crippen molar-refractivity contribution >= 4 is 6.29 Å². The second kappa shape index (κ2) is 4.15. The van der Waals surface area contributed by atoms with E-state index in [-0.39, 0.29) is 0 Å². The van der Waals surface area contributed by atoms with Crippen molar-refractivity contribution in [1.82, 2.24) is 0 Å². The first kappa shape index (κ1) is 12.3. The number of ether oxygens (including phenoxy) is 3. The highest BCUT2D eigenvalue weighted by molar-refractivity contribution is 5.62. The molecular formula is C14H20O4. The minimum atomic E-state index is -0.707. The highest BCUT2D eigenvalue weighted by atomic mass is 16.8. The van der Waals surface area contributed by atoms with Crippen molar-refractivity contribution in [2.24, 2.45) is 0 Å². The standard InChI is InChI=1S/C14H20O4/c1-12(11-15)8-9-14(17-12)7-4-6-13(18-14)5-2-3-10-16-13/h4,6,11H,2-3,5,7-10H2,1H3/t12-,13+,14-/m1/s1. The molecule has 0 unspecified atom stereocenters. The Balaban J connectivity index is 1.80. The van der Waals surface area contributed by atoms with Crippen LogP contribution in [0.5, 0.6) is 0 Å². The van der Waals surface area contributed by atoms with Gasteiger partial charge in [0, 0.05) is 19.3 Å². The van der Waals surface area contributed by atoms with Gasteiger partial charge in [0.05, 0.1) is 6.61 Å². The van der Waals surface area contributed by atoms with Crippen molar-refractivity contribution in [2.75, 3.05) is 6.61 Å². The summed E-state index contributed by atoms with van der Waals surface area (Å²) in [6, 6.07) is 0. The number of hydrogen-bond acceptors (Lipinski definition) is 4. The lowest BCUT2D eigenvalue weighted by Gasteiger charge is -2.44. The van der Waals surface area contributed by atoms with Gasteiger partial charge in [0.15, 0.2) is 17.9 Å². The molecule has 4 nitrogen and oxygen atoms in total. The molecule has 0 radical (unpaired) electrons. The van der Waals surface area contributed by atoms with Crippen molar-refractivity contribution in [3.63, 3.8) is 0 Å². The molecule has 2 saturated heterocycles. The lowest BCUT2D eigenvalue weighted by Crippen LogP contribution is -2.50. The van der Waals surface area contributed by atoms with Crippen molar-refractivity contribution in [2.45, 2.75) is 62.6 Å². The van der Waals surface area contributed by atoms with Crippen LogP contribution in [0.25, 0.3) is 0 Å². The van der Waals surface area contributed by atoms with Gasteiger partial charge in [-0.05, 0) is 32.3 Å². The molecule has 0 amide bonds. The van der Waals surface area contributed by atoms with Gasteiger partial charge in [0.2, 0.25) is 0 Å². The van der Waals surface area contributed by atoms with Crippen molar-refractivity contribution in [3.8, 4) is 0 Å². The van der Waals surface area contributed by atoms with Gasteiger partial charge in [-0.2, -0.15) is 0 Å². The average molecular weight is 252 g/mol. The Morgan fingerprint density at radius 3 is 2.72 bits per heavy atom. The summed E-state index contributed by atoms with van der Waals surface area (Å²) in [4.78, 5) is 11.1. The normalized spacial score (nSPS) is 47.8. The fourth-order valence-corrected chi connectivity index (χ4v) is 3.08. The van der Waals surface area contributed by atoms with Crippen LogP contribution >= 0.6 is 0 Å². The van der Waals surface area contributed by atoms with Crippen LogP contribution in [0.1, 0.15) is 45.4 Å². The summed E-state index contributed by atoms with van der Waals surface area (Å²) in [5.41, 5.74) is -0.707. The van der Waals surface area contributed by atoms with Crippen molar-refractivity contribution in [1.29, 1.82) is 0 Å². The molecule has 4 heteroatoms. The highest BCUT2D eigenvalue weighted by Crippen LogP contribution is 2.47. The summed E-state index contributed by atoms with van der Waals surface area (Å²) >= 11 is 0. The first-order valence-electron chi connectivity index (χ1n) is 6.78. The molecule has 0 saturated carbocycles. The van der Waals surface area contributed by atoms with E-state index in [1.165, 1.54) is 0 Å². The Morgan fingerprint density at radius 1 is 1.17 bits per heavy atom. The van der Waals surface area contributed by atoms with E-state index in [1.54, 1.807) is 0 Å². The lowest BCUT2D eigenvalue weighted by molar-refractivity contribution is -0.353. The number of aldehydes is 1. The van der Waals surface area contributed by atoms with Gasteiger partial charge in [0.25, 0.3) is 0 Å². The molecule has 18 heavy (non-hydrogen) atoms. The maximum Gasteiger partial charge on any atom is 0.191 e. The van der Waals surface area contributed by atoms with E-state index in [0.29, 0.717) is 12.8 Å². The zero-order valence-corrected chi connectivity index (χ0v) is 10.8. The maximum absolute atomic E-state index is 11.1. The number of carbonyl (C=O) groups excluding carboxylic acids is 1. The number of hydrogen-bond donors (Lipinski definition) is 0. The third-order valence-electron chi connectivity index (χ3n) is 4.10. The summed E-state index contributed by atoms with van der Waals surface area (Å²) < 4.78 is 17.9. The molecule has 2 fully saturated rings. The molecule has 0 aromatic rings. The Labute approximate surface area is 107 Å². The van der Waals surface area contributed by atoms with Crippen LogP contribution in [0.3, 0.4) is 0 Å². The van der Waals surface area contributed by atoms with E-state index in [1.807, 2.05) is 13.0 Å². The minimum Gasteiger partial charge on any atom is -0.346 e. The predicted molar refractivity (Wildman–Crippen MR) is 64.9 cm³/mol. The van der Waals surface area contributed by atoms with Crippen molar-refractivity contribution < 1.29 is 19.0 Å². The summed E-state index contributed by atoms with van der Waals surface area (Å²) in [5, 5.41) is 0. The molecular weight excluding hydrogens is 232 g/mol. The van der Waals surface area contributed by atoms with E-state index in [2.05, 4.69) is 6.08 Å². The van der Waals surface area contributed by atoms with Crippen LogP contribution in [0.2, 0.25) is 0 Å². The topological polar surface area (TPSA) is 44.8 Å². The Morgan fingerprint density at radius 2 is 2.06 bits per heavy atom. The number of carbonyl (C=O) groups is 1. The van der Waals surface area contributed by atoms with Crippen LogP contribution in [0.4, 0.5) is 0 Å². The van der Waals surface area contributed by atoms with E-state index in [0.717, 1.165) is 38.6 Å². The summed E-state index contributed by atoms with van der Waals surface area (Å²) in [6.07, 6.45) is 10.2. The third kappa shape index (κ3) is 2.02. The second-order valence-corrected chi connectivity index (χ2v) is 5.77. The second-order valence-electron chi connectivity index (χ2n) is 5.77. The van der Waals surface area contributed by atoms with E-state index in [4.69, 9.17) is 14.2 Å². The SMILES string of the molecule is C[C@]1(C=O)CC[C@]2(CC=C[C@]3(CCCCO3)O2)O1. The average Bonchev–Trinajstić information content (AvgIpc) is 2.68. The quantitative estimate of drug-likeness (QED) is 0.530. The monoisotopic (exact) mass is 252 g/mol. The lowest BCUT2D eigenvalue weighted by atomic mass is 9.97.